The molecule has 2 aromatic rings. The van der Waals surface area contributed by atoms with E-state index in [1.54, 1.807) is 17.1 Å². The van der Waals surface area contributed by atoms with E-state index >= 15 is 0 Å². The lowest BCUT2D eigenvalue weighted by molar-refractivity contribution is -0.121. The van der Waals surface area contributed by atoms with Crippen LogP contribution in [0.1, 0.15) is 17.5 Å². The van der Waals surface area contributed by atoms with Gasteiger partial charge in [0.15, 0.2) is 0 Å². The Hall–Kier alpha value is -2.65. The maximum Gasteiger partial charge on any atom is 0.222 e. The molecule has 0 atom stereocenters. The van der Waals surface area contributed by atoms with Gasteiger partial charge in [0.25, 0.3) is 0 Å². The number of carbonyl (C=O) groups is 1. The van der Waals surface area contributed by atoms with Crippen molar-refractivity contribution in [1.29, 1.82) is 0 Å². The van der Waals surface area contributed by atoms with Crippen LogP contribution in [0.4, 0.5) is 0 Å². The molecule has 0 radical (unpaired) electrons. The molecule has 0 saturated heterocycles. The molecule has 0 bridgehead atoms. The van der Waals surface area contributed by atoms with Crippen LogP contribution in [0.5, 0.6) is 0 Å². The maximum atomic E-state index is 11.7. The molecular formula is C15H16N4O2. The molecule has 0 fully saturated rings. The highest BCUT2D eigenvalue weighted by atomic mass is 16.2. The highest BCUT2D eigenvalue weighted by Gasteiger charge is 2.02. The zero-order valence-electron chi connectivity index (χ0n) is 11.5. The van der Waals surface area contributed by atoms with Crippen molar-refractivity contribution in [2.24, 2.45) is 0 Å². The van der Waals surface area contributed by atoms with Crippen LogP contribution in [0.2, 0.25) is 0 Å². The maximum absolute atomic E-state index is 11.7. The van der Waals surface area contributed by atoms with E-state index in [1.807, 2.05) is 24.3 Å². The molecule has 1 aromatic carbocycles. The molecular weight excluding hydrogens is 268 g/mol. The Kier molecular flexibility index (Phi) is 5.50. The van der Waals surface area contributed by atoms with E-state index < -0.39 is 0 Å². The van der Waals surface area contributed by atoms with Gasteiger partial charge in [-0.05, 0) is 17.7 Å². The summed E-state index contributed by atoms with van der Waals surface area (Å²) in [5.74, 6) is 5.39. The van der Waals surface area contributed by atoms with Crippen LogP contribution in [0.3, 0.4) is 0 Å². The molecule has 0 aliphatic rings. The fourth-order valence-electron chi connectivity index (χ4n) is 1.76. The molecule has 2 rings (SSSR count). The summed E-state index contributed by atoms with van der Waals surface area (Å²) < 4.78 is 1.62. The van der Waals surface area contributed by atoms with Gasteiger partial charge in [-0.25, -0.2) is 0 Å². The van der Waals surface area contributed by atoms with Gasteiger partial charge in [-0.2, -0.15) is 0 Å². The number of carbonyl (C=O) groups excluding carboxylic acids is 1. The summed E-state index contributed by atoms with van der Waals surface area (Å²) in [4.78, 5) is 11.7. The summed E-state index contributed by atoms with van der Waals surface area (Å²) in [6.07, 6.45) is 3.65. The average Bonchev–Trinajstić information content (AvgIpc) is 3.03. The van der Waals surface area contributed by atoms with Gasteiger partial charge in [0, 0.05) is 24.7 Å². The Morgan fingerprint density at radius 3 is 3.10 bits per heavy atom. The van der Waals surface area contributed by atoms with Crippen molar-refractivity contribution in [3.05, 3.63) is 47.8 Å². The summed E-state index contributed by atoms with van der Waals surface area (Å²) in [5, 5.41) is 19.0. The van der Waals surface area contributed by atoms with Crippen LogP contribution >= 0.6 is 0 Å². The second kappa shape index (κ2) is 7.82. The van der Waals surface area contributed by atoms with Crippen LogP contribution in [-0.4, -0.2) is 32.6 Å². The minimum absolute atomic E-state index is 0.0441. The Bertz CT molecular complexity index is 641. The minimum Gasteiger partial charge on any atom is -0.384 e. The van der Waals surface area contributed by atoms with Crippen molar-refractivity contribution in [3.8, 4) is 11.8 Å². The van der Waals surface area contributed by atoms with E-state index in [1.165, 1.54) is 0 Å². The normalized spacial score (nSPS) is 9.76. The SMILES string of the molecule is O=C(CCn1ccnn1)NCc1cccc(C#CCO)c1. The van der Waals surface area contributed by atoms with Crippen molar-refractivity contribution in [2.45, 2.75) is 19.5 Å². The van der Waals surface area contributed by atoms with Gasteiger partial charge >= 0.3 is 0 Å². The van der Waals surface area contributed by atoms with E-state index in [2.05, 4.69) is 27.5 Å². The third-order valence-corrected chi connectivity index (χ3v) is 2.77. The van der Waals surface area contributed by atoms with Crippen molar-refractivity contribution in [3.63, 3.8) is 0 Å². The van der Waals surface area contributed by atoms with Crippen molar-refractivity contribution in [2.75, 3.05) is 6.61 Å². The monoisotopic (exact) mass is 284 g/mol. The molecule has 0 spiro atoms. The third-order valence-electron chi connectivity index (χ3n) is 2.77. The molecule has 6 heteroatoms. The first-order valence-electron chi connectivity index (χ1n) is 6.57. The standard InChI is InChI=1S/C15H16N4O2/c20-10-2-5-13-3-1-4-14(11-13)12-16-15(21)6-8-19-9-7-17-18-19/h1,3-4,7,9,11,20H,6,8,10,12H2,(H,16,21). The molecule has 1 aromatic heterocycles. The van der Waals surface area contributed by atoms with Crippen LogP contribution in [0, 0.1) is 11.8 Å². The van der Waals surface area contributed by atoms with Gasteiger partial charge in [0.2, 0.25) is 5.91 Å². The predicted octanol–water partition coefficient (Wildman–Crippen LogP) is 0.328. The number of aliphatic hydroxyl groups is 1. The van der Waals surface area contributed by atoms with Crippen LogP contribution < -0.4 is 5.32 Å². The van der Waals surface area contributed by atoms with Gasteiger partial charge in [0.1, 0.15) is 6.61 Å². The molecule has 0 aliphatic carbocycles. The van der Waals surface area contributed by atoms with Gasteiger partial charge in [-0.3, -0.25) is 9.48 Å². The van der Waals surface area contributed by atoms with Crippen molar-refractivity contribution >= 4 is 5.91 Å². The number of aromatic nitrogens is 3. The average molecular weight is 284 g/mol. The van der Waals surface area contributed by atoms with Gasteiger partial charge < -0.3 is 10.4 Å². The largest absolute Gasteiger partial charge is 0.384 e. The number of aliphatic hydroxyl groups excluding tert-OH is 1. The van der Waals surface area contributed by atoms with Gasteiger partial charge in [0.05, 0.1) is 12.7 Å². The highest BCUT2D eigenvalue weighted by Crippen LogP contribution is 2.04. The molecule has 6 nitrogen and oxygen atoms in total. The molecule has 0 aliphatic heterocycles. The van der Waals surface area contributed by atoms with Crippen LogP contribution in [-0.2, 0) is 17.9 Å². The highest BCUT2D eigenvalue weighted by molar-refractivity contribution is 5.75. The Balaban J connectivity index is 1.80. The topological polar surface area (TPSA) is 80.0 Å². The first-order valence-corrected chi connectivity index (χ1v) is 6.57. The smallest absolute Gasteiger partial charge is 0.222 e. The van der Waals surface area contributed by atoms with E-state index in [0.29, 0.717) is 19.5 Å². The molecule has 108 valence electrons. The number of nitrogens with one attached hydrogen (secondary N) is 1. The van der Waals surface area contributed by atoms with Crippen LogP contribution in [0.15, 0.2) is 36.7 Å². The lowest BCUT2D eigenvalue weighted by atomic mass is 10.1. The molecule has 0 saturated carbocycles. The molecule has 1 amide bonds. The first-order chi connectivity index (χ1) is 10.3. The van der Waals surface area contributed by atoms with E-state index in [9.17, 15) is 4.79 Å². The number of benzene rings is 1. The number of aryl methyl sites for hydroxylation is 1. The zero-order valence-corrected chi connectivity index (χ0v) is 11.5. The van der Waals surface area contributed by atoms with Crippen molar-refractivity contribution in [1.82, 2.24) is 20.3 Å². The third kappa shape index (κ3) is 5.09. The Labute approximate surface area is 122 Å². The molecule has 1 heterocycles. The lowest BCUT2D eigenvalue weighted by Crippen LogP contribution is -2.24. The van der Waals surface area contributed by atoms with Gasteiger partial charge in [-0.15, -0.1) is 5.10 Å². The quantitative estimate of drug-likeness (QED) is 0.775. The lowest BCUT2D eigenvalue weighted by Gasteiger charge is -2.06. The fraction of sp³-hybridized carbons (Fsp3) is 0.267. The van der Waals surface area contributed by atoms with E-state index in [-0.39, 0.29) is 12.5 Å². The Morgan fingerprint density at radius 2 is 2.33 bits per heavy atom. The zero-order chi connectivity index (χ0) is 14.9. The summed E-state index contributed by atoms with van der Waals surface area (Å²) in [5.41, 5.74) is 1.78. The number of rotatable bonds is 5. The van der Waals surface area contributed by atoms with Crippen LogP contribution in [0.25, 0.3) is 0 Å². The molecule has 21 heavy (non-hydrogen) atoms. The van der Waals surface area contributed by atoms with Crippen molar-refractivity contribution < 1.29 is 9.90 Å². The van der Waals surface area contributed by atoms with E-state index in [4.69, 9.17) is 5.11 Å². The second-order valence-electron chi connectivity index (χ2n) is 4.35. The summed E-state index contributed by atoms with van der Waals surface area (Å²) in [6.45, 7) is 0.794. The number of hydrogen-bond donors (Lipinski definition) is 2. The second-order valence-corrected chi connectivity index (χ2v) is 4.35. The summed E-state index contributed by atoms with van der Waals surface area (Å²) in [6, 6.07) is 7.54. The number of hydrogen-bond acceptors (Lipinski definition) is 4. The predicted molar refractivity (Wildman–Crippen MR) is 76.9 cm³/mol. The Morgan fingerprint density at radius 1 is 1.43 bits per heavy atom. The summed E-state index contributed by atoms with van der Waals surface area (Å²) >= 11 is 0. The molecule has 0 unspecified atom stereocenters. The van der Waals surface area contributed by atoms with Gasteiger partial charge in [-0.1, -0.05) is 29.2 Å². The summed E-state index contributed by atoms with van der Waals surface area (Å²) in [7, 11) is 0. The fourth-order valence-corrected chi connectivity index (χ4v) is 1.76. The number of amides is 1. The minimum atomic E-state index is -0.163. The number of nitrogens with zero attached hydrogens (tertiary/aromatic N) is 3. The van der Waals surface area contributed by atoms with E-state index in [0.717, 1.165) is 11.1 Å². The molecule has 2 N–H and O–H groups in total. The first kappa shape index (κ1) is 14.8.